The quantitative estimate of drug-likeness (QED) is 0.656. The van der Waals surface area contributed by atoms with Crippen LogP contribution >= 0.6 is 0 Å². The molecule has 0 saturated carbocycles. The summed E-state index contributed by atoms with van der Waals surface area (Å²) >= 11 is 0. The molecular weight excluding hydrogens is 298 g/mol. The lowest BCUT2D eigenvalue weighted by atomic mass is 9.98. The first kappa shape index (κ1) is 16.9. The molecule has 0 aliphatic heterocycles. The van der Waals surface area contributed by atoms with Crippen LogP contribution in [0.2, 0.25) is 0 Å². The minimum Gasteiger partial charge on any atom is -0.481 e. The van der Waals surface area contributed by atoms with Crippen molar-refractivity contribution in [1.82, 2.24) is 5.16 Å². The van der Waals surface area contributed by atoms with Gasteiger partial charge in [0.15, 0.2) is 11.5 Å². The van der Waals surface area contributed by atoms with Gasteiger partial charge in [-0.25, -0.2) is 0 Å². The predicted molar refractivity (Wildman–Crippen MR) is 82.5 cm³/mol. The van der Waals surface area contributed by atoms with Gasteiger partial charge in [0, 0.05) is 12.5 Å². The lowest BCUT2D eigenvalue weighted by Crippen LogP contribution is -2.39. The van der Waals surface area contributed by atoms with E-state index < -0.39 is 18.1 Å². The van der Waals surface area contributed by atoms with Crippen LogP contribution in [0.4, 0.5) is 0 Å². The van der Waals surface area contributed by atoms with E-state index in [4.69, 9.17) is 21.1 Å². The zero-order valence-electron chi connectivity index (χ0n) is 12.5. The van der Waals surface area contributed by atoms with Gasteiger partial charge >= 0.3 is 5.97 Å². The van der Waals surface area contributed by atoms with Crippen molar-refractivity contribution in [2.24, 2.45) is 11.5 Å². The number of aromatic nitrogens is 1. The molecule has 7 heteroatoms. The van der Waals surface area contributed by atoms with E-state index in [0.29, 0.717) is 12.1 Å². The second-order valence-corrected chi connectivity index (χ2v) is 5.29. The minimum atomic E-state index is -1.01. The van der Waals surface area contributed by atoms with Gasteiger partial charge in [0.25, 0.3) is 0 Å². The summed E-state index contributed by atoms with van der Waals surface area (Å²) in [7, 11) is 0. The average molecular weight is 317 g/mol. The van der Waals surface area contributed by atoms with Gasteiger partial charge in [0.2, 0.25) is 0 Å². The zero-order chi connectivity index (χ0) is 16.8. The number of aryl methyl sites for hydroxylation is 1. The van der Waals surface area contributed by atoms with Gasteiger partial charge < -0.3 is 21.1 Å². The highest BCUT2D eigenvalue weighted by Crippen LogP contribution is 2.16. The zero-order valence-corrected chi connectivity index (χ0v) is 12.5. The smallest absolute Gasteiger partial charge is 0.303 e. The molecule has 2 atom stereocenters. The summed E-state index contributed by atoms with van der Waals surface area (Å²) in [4.78, 5) is 22.8. The van der Waals surface area contributed by atoms with E-state index in [0.717, 1.165) is 5.56 Å². The van der Waals surface area contributed by atoms with Gasteiger partial charge in [0.1, 0.15) is 6.04 Å². The van der Waals surface area contributed by atoms with Crippen LogP contribution in [0.25, 0.3) is 0 Å². The van der Waals surface area contributed by atoms with Gasteiger partial charge in [0.05, 0.1) is 18.2 Å². The van der Waals surface area contributed by atoms with E-state index in [2.05, 4.69) is 5.16 Å². The molecular formula is C16H19N3O4. The Labute approximate surface area is 133 Å². The molecule has 0 saturated heterocycles. The number of carboxylic acid groups (broad SMARTS) is 1. The molecule has 0 amide bonds. The molecule has 1 unspecified atom stereocenters. The normalized spacial score (nSPS) is 13.5. The minimum absolute atomic E-state index is 0.0668. The second-order valence-electron chi connectivity index (χ2n) is 5.29. The van der Waals surface area contributed by atoms with E-state index >= 15 is 0 Å². The number of Topliss-reactive ketones (excluding diaryl/α,β-unsaturated/α-hetero) is 1. The number of carbonyl (C=O) groups excluding carboxylic acids is 1. The summed E-state index contributed by atoms with van der Waals surface area (Å²) in [6.07, 6.45) is 0.534. The van der Waals surface area contributed by atoms with E-state index in [1.807, 2.05) is 30.3 Å². The van der Waals surface area contributed by atoms with Crippen LogP contribution in [0, 0.1) is 0 Å². The molecule has 1 aromatic heterocycles. The number of carboxylic acids is 1. The van der Waals surface area contributed by atoms with Crippen LogP contribution in [0.5, 0.6) is 0 Å². The van der Waals surface area contributed by atoms with E-state index in [1.54, 1.807) is 0 Å². The maximum atomic E-state index is 12.3. The Morgan fingerprint density at radius 1 is 1.22 bits per heavy atom. The highest BCUT2D eigenvalue weighted by molar-refractivity contribution is 5.89. The Morgan fingerprint density at radius 2 is 1.91 bits per heavy atom. The van der Waals surface area contributed by atoms with Crippen molar-refractivity contribution < 1.29 is 19.2 Å². The van der Waals surface area contributed by atoms with Crippen molar-refractivity contribution in [2.75, 3.05) is 0 Å². The van der Waals surface area contributed by atoms with Crippen molar-refractivity contribution in [1.29, 1.82) is 0 Å². The highest BCUT2D eigenvalue weighted by atomic mass is 16.5. The molecule has 0 aliphatic rings. The molecule has 1 heterocycles. The Hall–Kier alpha value is -2.51. The molecule has 2 aromatic rings. The van der Waals surface area contributed by atoms with Gasteiger partial charge in [-0.05, 0) is 12.0 Å². The topological polar surface area (TPSA) is 132 Å². The molecule has 0 spiro atoms. The summed E-state index contributed by atoms with van der Waals surface area (Å²) in [5.41, 5.74) is 13.2. The van der Waals surface area contributed by atoms with Crippen LogP contribution in [0.1, 0.15) is 29.5 Å². The van der Waals surface area contributed by atoms with Crippen LogP contribution in [-0.4, -0.2) is 28.1 Å². The Morgan fingerprint density at radius 3 is 2.57 bits per heavy atom. The monoisotopic (exact) mass is 317 g/mol. The Balaban J connectivity index is 1.97. The Bertz CT molecular complexity index is 669. The molecule has 23 heavy (non-hydrogen) atoms. The van der Waals surface area contributed by atoms with Crippen molar-refractivity contribution in [3.63, 3.8) is 0 Å². The summed E-state index contributed by atoms with van der Waals surface area (Å²) in [6, 6.07) is 9.14. The molecule has 0 fully saturated rings. The van der Waals surface area contributed by atoms with Crippen LogP contribution < -0.4 is 11.5 Å². The lowest BCUT2D eigenvalue weighted by Gasteiger charge is -2.14. The number of nitrogens with two attached hydrogens (primary N) is 2. The number of aliphatic carboxylic acids is 1. The number of rotatable bonds is 8. The largest absolute Gasteiger partial charge is 0.481 e. The molecule has 122 valence electrons. The molecule has 0 radical (unpaired) electrons. The van der Waals surface area contributed by atoms with Gasteiger partial charge in [-0.3, -0.25) is 9.59 Å². The van der Waals surface area contributed by atoms with Crippen molar-refractivity contribution in [3.8, 4) is 0 Å². The maximum Gasteiger partial charge on any atom is 0.303 e. The highest BCUT2D eigenvalue weighted by Gasteiger charge is 2.26. The van der Waals surface area contributed by atoms with E-state index in [1.165, 1.54) is 6.07 Å². The van der Waals surface area contributed by atoms with Crippen molar-refractivity contribution in [3.05, 3.63) is 53.4 Å². The van der Waals surface area contributed by atoms with Crippen LogP contribution in [0.15, 0.2) is 40.9 Å². The standard InChI is InChI=1S/C16H19N3O4/c17-12(8-10-4-2-1-3-5-10)16(22)15(18)13-9-11(19-23-13)6-7-14(20)21/h1-5,9,12,15H,6-8,17-18H2,(H,20,21)/t12-,15?/m0/s1. The van der Waals surface area contributed by atoms with Gasteiger partial charge in [-0.15, -0.1) is 0 Å². The molecule has 1 aromatic carbocycles. The third-order valence-electron chi connectivity index (χ3n) is 3.45. The summed E-state index contributed by atoms with van der Waals surface area (Å²) in [5.74, 6) is -1.09. The van der Waals surface area contributed by atoms with Crippen LogP contribution in [0.3, 0.4) is 0 Å². The molecule has 2 rings (SSSR count). The second kappa shape index (κ2) is 7.66. The van der Waals surface area contributed by atoms with Crippen LogP contribution in [-0.2, 0) is 22.4 Å². The molecule has 5 N–H and O–H groups in total. The number of ketones is 1. The first-order valence-corrected chi connectivity index (χ1v) is 7.23. The number of benzene rings is 1. The lowest BCUT2D eigenvalue weighted by molar-refractivity contribution is -0.137. The third-order valence-corrected chi connectivity index (χ3v) is 3.45. The molecule has 0 aliphatic carbocycles. The SMILES string of the molecule is NC(C(=O)[C@@H](N)Cc1ccccc1)c1cc(CCC(=O)O)no1. The maximum absolute atomic E-state index is 12.3. The molecule has 0 bridgehead atoms. The summed E-state index contributed by atoms with van der Waals surface area (Å²) in [5, 5.41) is 12.4. The summed E-state index contributed by atoms with van der Waals surface area (Å²) in [6.45, 7) is 0. The number of hydrogen-bond acceptors (Lipinski definition) is 6. The number of nitrogens with zero attached hydrogens (tertiary/aromatic N) is 1. The van der Waals surface area contributed by atoms with E-state index in [9.17, 15) is 9.59 Å². The first-order chi connectivity index (χ1) is 11.0. The molecule has 7 nitrogen and oxygen atoms in total. The fraction of sp³-hybridized carbons (Fsp3) is 0.312. The third kappa shape index (κ3) is 4.73. The first-order valence-electron chi connectivity index (χ1n) is 7.23. The van der Waals surface area contributed by atoms with Crippen molar-refractivity contribution in [2.45, 2.75) is 31.3 Å². The van der Waals surface area contributed by atoms with Crippen molar-refractivity contribution >= 4 is 11.8 Å². The van der Waals surface area contributed by atoms with Gasteiger partial charge in [-0.1, -0.05) is 35.5 Å². The Kier molecular flexibility index (Phi) is 5.61. The number of carbonyl (C=O) groups is 2. The predicted octanol–water partition coefficient (Wildman–Crippen LogP) is 0.831. The number of hydrogen-bond donors (Lipinski definition) is 3. The van der Waals surface area contributed by atoms with E-state index in [-0.39, 0.29) is 24.4 Å². The fourth-order valence-electron chi connectivity index (χ4n) is 2.17. The summed E-state index contributed by atoms with van der Waals surface area (Å²) < 4.78 is 5.04. The van der Waals surface area contributed by atoms with Gasteiger partial charge in [-0.2, -0.15) is 0 Å². The fourth-order valence-corrected chi connectivity index (χ4v) is 2.17. The average Bonchev–Trinajstić information content (AvgIpc) is 3.01.